The van der Waals surface area contributed by atoms with Gasteiger partial charge < -0.3 is 10.2 Å². The number of thiocarbonyl (C=S) groups is 1. The average Bonchev–Trinajstić information content (AvgIpc) is 3.06. The van der Waals surface area contributed by atoms with Gasteiger partial charge in [0.1, 0.15) is 5.00 Å². The van der Waals surface area contributed by atoms with Crippen LogP contribution in [0.5, 0.6) is 0 Å². The maximum Gasteiger partial charge on any atom is 0.179 e. The smallest absolute Gasteiger partial charge is 0.179 e. The molecule has 2 aromatic carbocycles. The Balaban J connectivity index is 1.74. The molecule has 2 nitrogen and oxygen atoms in total. The van der Waals surface area contributed by atoms with Crippen molar-refractivity contribution < 1.29 is 0 Å². The van der Waals surface area contributed by atoms with E-state index in [1.807, 2.05) is 11.3 Å². The predicted molar refractivity (Wildman–Crippen MR) is 114 cm³/mol. The molecule has 26 heavy (non-hydrogen) atoms. The summed E-state index contributed by atoms with van der Waals surface area (Å²) in [6.07, 6.45) is 4.97. The average molecular weight is 377 g/mol. The zero-order valence-corrected chi connectivity index (χ0v) is 16.1. The summed E-state index contributed by atoms with van der Waals surface area (Å²) in [6.45, 7) is 0. The number of hydrogen-bond donors (Lipinski definition) is 1. The Kier molecular flexibility index (Phi) is 4.03. The summed E-state index contributed by atoms with van der Waals surface area (Å²) in [5.41, 5.74) is 5.43. The fraction of sp³-hybridized carbons (Fsp3) is 0.227. The van der Waals surface area contributed by atoms with Crippen LogP contribution in [0.15, 0.2) is 60.7 Å². The Labute approximate surface area is 163 Å². The Bertz CT molecular complexity index is 947. The molecule has 3 aromatic rings. The van der Waals surface area contributed by atoms with Gasteiger partial charge in [0.05, 0.1) is 6.04 Å². The van der Waals surface area contributed by atoms with E-state index in [1.54, 1.807) is 10.4 Å². The summed E-state index contributed by atoms with van der Waals surface area (Å²) in [7, 11) is 0. The molecule has 2 aliphatic rings. The van der Waals surface area contributed by atoms with E-state index in [-0.39, 0.29) is 6.04 Å². The van der Waals surface area contributed by atoms with Gasteiger partial charge in [0.15, 0.2) is 5.11 Å². The molecule has 1 atom stereocenters. The number of nitrogens with one attached hydrogen (secondary N) is 1. The lowest BCUT2D eigenvalue weighted by Crippen LogP contribution is -2.42. The monoisotopic (exact) mass is 376 g/mol. The lowest BCUT2D eigenvalue weighted by Gasteiger charge is -2.39. The third-order valence-corrected chi connectivity index (χ3v) is 6.85. The maximum atomic E-state index is 5.82. The van der Waals surface area contributed by atoms with Crippen molar-refractivity contribution in [3.63, 3.8) is 0 Å². The minimum Gasteiger partial charge on any atom is -0.324 e. The molecule has 0 saturated heterocycles. The highest BCUT2D eigenvalue weighted by atomic mass is 32.1. The summed E-state index contributed by atoms with van der Waals surface area (Å²) < 4.78 is 0. The van der Waals surface area contributed by atoms with Crippen molar-refractivity contribution in [2.45, 2.75) is 31.7 Å². The first-order chi connectivity index (χ1) is 12.8. The lowest BCUT2D eigenvalue weighted by molar-refractivity contribution is 0.683. The summed E-state index contributed by atoms with van der Waals surface area (Å²) in [6, 6.07) is 21.4. The van der Waals surface area contributed by atoms with Gasteiger partial charge in [-0.2, -0.15) is 0 Å². The van der Waals surface area contributed by atoms with E-state index in [9.17, 15) is 0 Å². The Morgan fingerprint density at radius 3 is 2.38 bits per heavy atom. The minimum absolute atomic E-state index is 0.139. The van der Waals surface area contributed by atoms with Crippen molar-refractivity contribution in [3.05, 3.63) is 82.2 Å². The van der Waals surface area contributed by atoms with E-state index < -0.39 is 0 Å². The largest absolute Gasteiger partial charge is 0.324 e. The van der Waals surface area contributed by atoms with Crippen LogP contribution < -0.4 is 10.2 Å². The first kappa shape index (κ1) is 16.0. The molecule has 130 valence electrons. The molecular weight excluding hydrogens is 356 g/mol. The molecule has 4 heteroatoms. The molecular formula is C22H20N2S2. The van der Waals surface area contributed by atoms with Gasteiger partial charge in [-0.3, -0.25) is 0 Å². The second-order valence-corrected chi connectivity index (χ2v) is 8.39. The van der Waals surface area contributed by atoms with Crippen molar-refractivity contribution >= 4 is 39.4 Å². The summed E-state index contributed by atoms with van der Waals surface area (Å²) in [5.74, 6) is 0. The molecule has 2 heterocycles. The Morgan fingerprint density at radius 1 is 0.923 bits per heavy atom. The molecule has 0 saturated carbocycles. The van der Waals surface area contributed by atoms with Gasteiger partial charge in [-0.15, -0.1) is 11.3 Å². The van der Waals surface area contributed by atoms with E-state index in [4.69, 9.17) is 12.2 Å². The van der Waals surface area contributed by atoms with Gasteiger partial charge >= 0.3 is 0 Å². The third-order valence-electron chi connectivity index (χ3n) is 5.33. The number of thiophene rings is 1. The number of hydrogen-bond acceptors (Lipinski definition) is 2. The number of para-hydroxylation sites is 1. The fourth-order valence-corrected chi connectivity index (χ4v) is 5.88. The molecule has 1 aromatic heterocycles. The van der Waals surface area contributed by atoms with Gasteiger partial charge in [-0.1, -0.05) is 48.5 Å². The number of fused-ring (bicyclic) bond motifs is 3. The van der Waals surface area contributed by atoms with E-state index in [2.05, 4.69) is 70.9 Å². The molecule has 0 fully saturated rings. The van der Waals surface area contributed by atoms with Crippen molar-refractivity contribution in [1.82, 2.24) is 0 Å². The summed E-state index contributed by atoms with van der Waals surface area (Å²) in [4.78, 5) is 3.83. The van der Waals surface area contributed by atoms with Crippen LogP contribution in [0.3, 0.4) is 0 Å². The van der Waals surface area contributed by atoms with Crippen LogP contribution in [0, 0.1) is 0 Å². The van der Waals surface area contributed by atoms with Crippen molar-refractivity contribution in [3.8, 4) is 0 Å². The van der Waals surface area contributed by atoms with Gasteiger partial charge in [-0.25, -0.2) is 0 Å². The first-order valence-corrected chi connectivity index (χ1v) is 10.4. The molecule has 1 aliphatic carbocycles. The summed E-state index contributed by atoms with van der Waals surface area (Å²) in [5, 5.41) is 5.58. The number of rotatable bonds is 2. The fourth-order valence-electron chi connectivity index (χ4n) is 4.18. The highest BCUT2D eigenvalue weighted by molar-refractivity contribution is 7.80. The maximum absolute atomic E-state index is 5.82. The summed E-state index contributed by atoms with van der Waals surface area (Å²) >= 11 is 7.74. The highest BCUT2D eigenvalue weighted by Crippen LogP contribution is 2.48. The van der Waals surface area contributed by atoms with Gasteiger partial charge in [0.25, 0.3) is 0 Å². The second-order valence-electron chi connectivity index (χ2n) is 6.90. The van der Waals surface area contributed by atoms with Crippen LogP contribution in [-0.4, -0.2) is 5.11 Å². The topological polar surface area (TPSA) is 15.3 Å². The van der Waals surface area contributed by atoms with E-state index in [1.165, 1.54) is 41.8 Å². The molecule has 0 radical (unpaired) electrons. The molecule has 1 aliphatic heterocycles. The van der Waals surface area contributed by atoms with Crippen molar-refractivity contribution in [2.75, 3.05) is 10.2 Å². The molecule has 1 N–H and O–H groups in total. The highest BCUT2D eigenvalue weighted by Gasteiger charge is 2.37. The molecule has 0 spiro atoms. The minimum atomic E-state index is 0.139. The first-order valence-electron chi connectivity index (χ1n) is 9.17. The molecule has 1 unspecified atom stereocenters. The zero-order chi connectivity index (χ0) is 17.5. The Hall–Kier alpha value is -2.17. The zero-order valence-electron chi connectivity index (χ0n) is 14.4. The number of aryl methyl sites for hydroxylation is 1. The standard InChI is InChI=1S/C22H20N2S2/c25-22-23-21-19(17-13-7-8-14-18(17)26-21)20(15-9-3-1-4-10-15)24(22)16-11-5-2-6-12-16/h1-6,9-12,20H,7-8,13-14H2,(H,23,25). The van der Waals surface area contributed by atoms with E-state index >= 15 is 0 Å². The second kappa shape index (κ2) is 6.53. The number of anilines is 2. The molecule has 0 amide bonds. The van der Waals surface area contributed by atoms with Gasteiger partial charge in [-0.05, 0) is 61.2 Å². The van der Waals surface area contributed by atoms with Crippen LogP contribution in [0.2, 0.25) is 0 Å². The number of benzene rings is 2. The third kappa shape index (κ3) is 2.56. The van der Waals surface area contributed by atoms with Crippen molar-refractivity contribution in [2.24, 2.45) is 0 Å². The molecule has 5 rings (SSSR count). The lowest BCUT2D eigenvalue weighted by atomic mass is 9.88. The normalized spacial score (nSPS) is 18.8. The van der Waals surface area contributed by atoms with Crippen LogP contribution in [-0.2, 0) is 12.8 Å². The SMILES string of the molecule is S=C1Nc2sc3c(c2C(c2ccccc2)N1c1ccccc1)CCCC3. The van der Waals surface area contributed by atoms with E-state index in [0.717, 1.165) is 10.8 Å². The van der Waals surface area contributed by atoms with Crippen LogP contribution in [0.1, 0.15) is 40.5 Å². The van der Waals surface area contributed by atoms with Crippen LogP contribution in [0.25, 0.3) is 0 Å². The molecule has 0 bridgehead atoms. The van der Waals surface area contributed by atoms with Crippen LogP contribution in [0.4, 0.5) is 10.7 Å². The van der Waals surface area contributed by atoms with Gasteiger partial charge in [0, 0.05) is 16.1 Å². The predicted octanol–water partition coefficient (Wildman–Crippen LogP) is 5.93. The Morgan fingerprint density at radius 2 is 1.62 bits per heavy atom. The van der Waals surface area contributed by atoms with Crippen LogP contribution >= 0.6 is 23.6 Å². The van der Waals surface area contributed by atoms with E-state index in [0.29, 0.717) is 0 Å². The van der Waals surface area contributed by atoms with Crippen molar-refractivity contribution in [1.29, 1.82) is 0 Å². The van der Waals surface area contributed by atoms with Gasteiger partial charge in [0.2, 0.25) is 0 Å². The number of nitrogens with zero attached hydrogens (tertiary/aromatic N) is 1. The quantitative estimate of drug-likeness (QED) is 0.558.